The molecule has 0 spiro atoms. The van der Waals surface area contributed by atoms with Crippen molar-refractivity contribution < 1.29 is 9.90 Å². The highest BCUT2D eigenvalue weighted by atomic mass is 32.2. The van der Waals surface area contributed by atoms with Crippen LogP contribution < -0.4 is 5.32 Å². The first-order chi connectivity index (χ1) is 8.74. The standard InChI is InChI=1S/C13H26N2O2S/c1-15(9-3-2-4-10-16)13(17)11-18-12-5-7-14-8-6-12/h12,14,16H,2-11H2,1H3. The summed E-state index contributed by atoms with van der Waals surface area (Å²) in [4.78, 5) is 13.7. The van der Waals surface area contributed by atoms with Gasteiger partial charge in [-0.3, -0.25) is 4.79 Å². The summed E-state index contributed by atoms with van der Waals surface area (Å²) in [5.41, 5.74) is 0. The Bertz CT molecular complexity index is 233. The van der Waals surface area contributed by atoms with Crippen LogP contribution in [-0.2, 0) is 4.79 Å². The van der Waals surface area contributed by atoms with Gasteiger partial charge in [-0.2, -0.15) is 0 Å². The lowest BCUT2D eigenvalue weighted by Gasteiger charge is -2.23. The lowest BCUT2D eigenvalue weighted by Crippen LogP contribution is -2.32. The summed E-state index contributed by atoms with van der Waals surface area (Å²) in [6, 6.07) is 0. The van der Waals surface area contributed by atoms with E-state index in [2.05, 4.69) is 5.32 Å². The molecule has 1 heterocycles. The fraction of sp³-hybridized carbons (Fsp3) is 0.923. The molecule has 0 aromatic heterocycles. The van der Waals surface area contributed by atoms with Gasteiger partial charge < -0.3 is 15.3 Å². The van der Waals surface area contributed by atoms with Crippen LogP contribution in [0.5, 0.6) is 0 Å². The Labute approximate surface area is 115 Å². The molecule has 1 saturated heterocycles. The number of unbranched alkanes of at least 4 members (excludes halogenated alkanes) is 2. The number of carbonyl (C=O) groups excluding carboxylic acids is 1. The van der Waals surface area contributed by atoms with Gasteiger partial charge >= 0.3 is 0 Å². The first-order valence-electron chi connectivity index (χ1n) is 6.91. The van der Waals surface area contributed by atoms with Gasteiger partial charge in [0.05, 0.1) is 5.75 Å². The fourth-order valence-electron chi connectivity index (χ4n) is 2.02. The molecule has 4 nitrogen and oxygen atoms in total. The van der Waals surface area contributed by atoms with E-state index in [9.17, 15) is 4.79 Å². The summed E-state index contributed by atoms with van der Waals surface area (Å²) >= 11 is 1.81. The lowest BCUT2D eigenvalue weighted by atomic mass is 10.2. The van der Waals surface area contributed by atoms with Gasteiger partial charge in [-0.25, -0.2) is 0 Å². The van der Waals surface area contributed by atoms with Gasteiger partial charge in [0.1, 0.15) is 0 Å². The number of thioether (sulfide) groups is 1. The maximum Gasteiger partial charge on any atom is 0.232 e. The number of carbonyl (C=O) groups is 1. The van der Waals surface area contributed by atoms with Crippen molar-refractivity contribution in [2.75, 3.05) is 39.0 Å². The van der Waals surface area contributed by atoms with E-state index in [0.29, 0.717) is 11.0 Å². The van der Waals surface area contributed by atoms with E-state index < -0.39 is 0 Å². The molecular formula is C13H26N2O2S. The number of aliphatic hydroxyl groups excluding tert-OH is 1. The van der Waals surface area contributed by atoms with E-state index >= 15 is 0 Å². The molecule has 106 valence electrons. The number of hydrogen-bond acceptors (Lipinski definition) is 4. The van der Waals surface area contributed by atoms with Crippen molar-refractivity contribution in [3.05, 3.63) is 0 Å². The normalized spacial score (nSPS) is 16.8. The zero-order chi connectivity index (χ0) is 13.2. The number of amides is 1. The number of hydrogen-bond donors (Lipinski definition) is 2. The fourth-order valence-corrected chi connectivity index (χ4v) is 3.19. The summed E-state index contributed by atoms with van der Waals surface area (Å²) in [7, 11) is 1.88. The molecule has 1 aliphatic heterocycles. The van der Waals surface area contributed by atoms with E-state index in [4.69, 9.17) is 5.11 Å². The van der Waals surface area contributed by atoms with Crippen LogP contribution >= 0.6 is 11.8 Å². The van der Waals surface area contributed by atoms with Gasteiger partial charge in [0.2, 0.25) is 5.91 Å². The Hall–Kier alpha value is -0.260. The molecule has 1 aliphatic rings. The smallest absolute Gasteiger partial charge is 0.232 e. The molecule has 0 radical (unpaired) electrons. The van der Waals surface area contributed by atoms with E-state index in [1.807, 2.05) is 11.9 Å². The summed E-state index contributed by atoms with van der Waals surface area (Å²) in [6.45, 7) is 3.24. The zero-order valence-corrected chi connectivity index (χ0v) is 12.2. The Morgan fingerprint density at radius 2 is 2.06 bits per heavy atom. The lowest BCUT2D eigenvalue weighted by molar-refractivity contribution is -0.127. The quantitative estimate of drug-likeness (QED) is 0.651. The summed E-state index contributed by atoms with van der Waals surface area (Å²) in [5.74, 6) is 0.851. The molecule has 1 amide bonds. The average molecular weight is 274 g/mol. The van der Waals surface area contributed by atoms with Crippen molar-refractivity contribution in [3.8, 4) is 0 Å². The van der Waals surface area contributed by atoms with Crippen molar-refractivity contribution >= 4 is 17.7 Å². The molecule has 0 aromatic rings. The van der Waals surface area contributed by atoms with Gasteiger partial charge in [-0.15, -0.1) is 11.8 Å². The third kappa shape index (κ3) is 6.61. The minimum atomic E-state index is 0.238. The molecule has 1 fully saturated rings. The Morgan fingerprint density at radius 3 is 2.72 bits per heavy atom. The summed E-state index contributed by atoms with van der Waals surface area (Å²) < 4.78 is 0. The largest absolute Gasteiger partial charge is 0.396 e. The van der Waals surface area contributed by atoms with E-state index in [-0.39, 0.29) is 12.5 Å². The van der Waals surface area contributed by atoms with Gasteiger partial charge in [0, 0.05) is 25.4 Å². The maximum absolute atomic E-state index is 11.9. The minimum Gasteiger partial charge on any atom is -0.396 e. The molecule has 0 aliphatic carbocycles. The van der Waals surface area contributed by atoms with E-state index in [1.54, 1.807) is 11.8 Å². The van der Waals surface area contributed by atoms with Gasteiger partial charge in [-0.1, -0.05) is 0 Å². The SMILES string of the molecule is CN(CCCCCO)C(=O)CSC1CCNCC1. The second-order valence-electron chi connectivity index (χ2n) is 4.86. The van der Waals surface area contributed by atoms with Crippen molar-refractivity contribution in [1.29, 1.82) is 0 Å². The molecule has 18 heavy (non-hydrogen) atoms. The Balaban J connectivity index is 2.07. The monoisotopic (exact) mass is 274 g/mol. The molecule has 1 rings (SSSR count). The van der Waals surface area contributed by atoms with Crippen LogP contribution in [0.25, 0.3) is 0 Å². The minimum absolute atomic E-state index is 0.238. The van der Waals surface area contributed by atoms with Crippen LogP contribution in [0.3, 0.4) is 0 Å². The molecule has 2 N–H and O–H groups in total. The number of nitrogens with one attached hydrogen (secondary N) is 1. The van der Waals surface area contributed by atoms with Crippen LogP contribution in [0, 0.1) is 0 Å². The molecule has 0 atom stereocenters. The van der Waals surface area contributed by atoms with Crippen molar-refractivity contribution in [2.24, 2.45) is 0 Å². The molecule has 0 unspecified atom stereocenters. The third-order valence-corrected chi connectivity index (χ3v) is 4.66. The molecule has 0 aromatic carbocycles. The van der Waals surface area contributed by atoms with E-state index in [0.717, 1.165) is 38.9 Å². The van der Waals surface area contributed by atoms with Gasteiger partial charge in [0.15, 0.2) is 0 Å². The zero-order valence-electron chi connectivity index (χ0n) is 11.4. The van der Waals surface area contributed by atoms with Crippen molar-refractivity contribution in [2.45, 2.75) is 37.4 Å². The first kappa shape index (κ1) is 15.8. The van der Waals surface area contributed by atoms with Crippen molar-refractivity contribution in [1.82, 2.24) is 10.2 Å². The highest BCUT2D eigenvalue weighted by Crippen LogP contribution is 2.20. The van der Waals surface area contributed by atoms with Gasteiger partial charge in [0.25, 0.3) is 0 Å². The molecule has 0 saturated carbocycles. The number of nitrogens with zero attached hydrogens (tertiary/aromatic N) is 1. The van der Waals surface area contributed by atoms with E-state index in [1.165, 1.54) is 12.8 Å². The van der Waals surface area contributed by atoms with Crippen LogP contribution in [0.15, 0.2) is 0 Å². The third-order valence-electron chi connectivity index (χ3n) is 3.31. The topological polar surface area (TPSA) is 52.6 Å². The van der Waals surface area contributed by atoms with Crippen LogP contribution in [0.4, 0.5) is 0 Å². The Kier molecular flexibility index (Phi) is 8.46. The first-order valence-corrected chi connectivity index (χ1v) is 7.96. The van der Waals surface area contributed by atoms with Crippen LogP contribution in [0.1, 0.15) is 32.1 Å². The highest BCUT2D eigenvalue weighted by Gasteiger charge is 2.16. The average Bonchev–Trinajstić information content (AvgIpc) is 2.42. The summed E-state index contributed by atoms with van der Waals surface area (Å²) in [5, 5.41) is 12.7. The second-order valence-corrected chi connectivity index (χ2v) is 6.15. The second kappa shape index (κ2) is 9.64. The molecular weight excluding hydrogens is 248 g/mol. The predicted octanol–water partition coefficient (Wildman–Crippen LogP) is 1.09. The number of rotatable bonds is 8. The molecule has 5 heteroatoms. The number of aliphatic hydroxyl groups is 1. The van der Waals surface area contributed by atoms with Crippen LogP contribution in [0.2, 0.25) is 0 Å². The Morgan fingerprint density at radius 1 is 1.33 bits per heavy atom. The molecule has 0 bridgehead atoms. The maximum atomic E-state index is 11.9. The van der Waals surface area contributed by atoms with Crippen LogP contribution in [-0.4, -0.2) is 60.2 Å². The van der Waals surface area contributed by atoms with Gasteiger partial charge in [-0.05, 0) is 45.2 Å². The van der Waals surface area contributed by atoms with Crippen molar-refractivity contribution in [3.63, 3.8) is 0 Å². The number of piperidine rings is 1. The highest BCUT2D eigenvalue weighted by molar-refractivity contribution is 8.00. The predicted molar refractivity (Wildman–Crippen MR) is 76.9 cm³/mol. The summed E-state index contributed by atoms with van der Waals surface area (Å²) in [6.07, 6.45) is 5.18.